The molecular formula is C24H26N2O5. The van der Waals surface area contributed by atoms with E-state index in [0.29, 0.717) is 35.1 Å². The van der Waals surface area contributed by atoms with Crippen molar-refractivity contribution in [2.24, 2.45) is 0 Å². The maximum atomic E-state index is 12.7. The van der Waals surface area contributed by atoms with Crippen molar-refractivity contribution in [3.8, 4) is 5.75 Å². The molecule has 2 aliphatic rings. The lowest BCUT2D eigenvalue weighted by Gasteiger charge is -2.17. The Balaban J connectivity index is 1.36. The third-order valence-corrected chi connectivity index (χ3v) is 5.58. The summed E-state index contributed by atoms with van der Waals surface area (Å²) in [5, 5.41) is 2.72. The molecule has 7 heteroatoms. The van der Waals surface area contributed by atoms with Crippen LogP contribution in [0.4, 0.5) is 5.69 Å². The van der Waals surface area contributed by atoms with Crippen LogP contribution in [0.15, 0.2) is 42.5 Å². The summed E-state index contributed by atoms with van der Waals surface area (Å²) in [4.78, 5) is 38.8. The van der Waals surface area contributed by atoms with Crippen LogP contribution < -0.4 is 10.1 Å². The molecule has 1 atom stereocenters. The summed E-state index contributed by atoms with van der Waals surface area (Å²) in [6.45, 7) is 4.99. The quantitative estimate of drug-likeness (QED) is 0.689. The molecule has 0 unspecified atom stereocenters. The predicted molar refractivity (Wildman–Crippen MR) is 115 cm³/mol. The summed E-state index contributed by atoms with van der Waals surface area (Å²) in [6, 6.07) is 12.4. The first kappa shape index (κ1) is 21.1. The van der Waals surface area contributed by atoms with E-state index >= 15 is 0 Å². The van der Waals surface area contributed by atoms with Crippen molar-refractivity contribution in [3.05, 3.63) is 59.2 Å². The largest absolute Gasteiger partial charge is 0.484 e. The molecule has 1 fully saturated rings. The van der Waals surface area contributed by atoms with E-state index in [2.05, 4.69) is 19.2 Å². The van der Waals surface area contributed by atoms with Gasteiger partial charge < -0.3 is 14.8 Å². The van der Waals surface area contributed by atoms with Gasteiger partial charge in [-0.05, 0) is 54.7 Å². The summed E-state index contributed by atoms with van der Waals surface area (Å²) in [5.41, 5.74) is 2.29. The van der Waals surface area contributed by atoms with Crippen LogP contribution in [-0.4, -0.2) is 48.5 Å². The highest BCUT2D eigenvalue weighted by atomic mass is 16.5. The molecule has 0 spiro atoms. The monoisotopic (exact) mass is 422 g/mol. The van der Waals surface area contributed by atoms with Crippen molar-refractivity contribution >= 4 is 23.4 Å². The third-order valence-electron chi connectivity index (χ3n) is 5.58. The van der Waals surface area contributed by atoms with E-state index in [9.17, 15) is 14.4 Å². The normalized spacial score (nSPS) is 17.9. The lowest BCUT2D eigenvalue weighted by Crippen LogP contribution is -2.36. The van der Waals surface area contributed by atoms with Gasteiger partial charge in [0.25, 0.3) is 17.7 Å². The number of carbonyl (C=O) groups is 3. The Morgan fingerprint density at radius 2 is 1.87 bits per heavy atom. The second kappa shape index (κ2) is 8.89. The first-order valence-corrected chi connectivity index (χ1v) is 10.6. The van der Waals surface area contributed by atoms with Gasteiger partial charge in [0, 0.05) is 12.3 Å². The van der Waals surface area contributed by atoms with Crippen LogP contribution >= 0.6 is 0 Å². The van der Waals surface area contributed by atoms with Gasteiger partial charge in [-0.25, -0.2) is 0 Å². The highest BCUT2D eigenvalue weighted by molar-refractivity contribution is 6.21. The zero-order chi connectivity index (χ0) is 22.0. The van der Waals surface area contributed by atoms with E-state index in [1.807, 2.05) is 24.3 Å². The van der Waals surface area contributed by atoms with Crippen LogP contribution in [0.2, 0.25) is 0 Å². The van der Waals surface area contributed by atoms with Crippen molar-refractivity contribution in [1.82, 2.24) is 4.90 Å². The number of nitrogens with zero attached hydrogens (tertiary/aromatic N) is 1. The molecule has 31 heavy (non-hydrogen) atoms. The number of rotatable bonds is 7. The molecule has 0 aliphatic carbocycles. The average molecular weight is 422 g/mol. The first-order valence-electron chi connectivity index (χ1n) is 10.6. The lowest BCUT2D eigenvalue weighted by molar-refractivity contribution is -0.118. The summed E-state index contributed by atoms with van der Waals surface area (Å²) < 4.78 is 11.1. The lowest BCUT2D eigenvalue weighted by atomic mass is 10.0. The predicted octanol–water partition coefficient (Wildman–Crippen LogP) is 3.60. The molecule has 2 aromatic carbocycles. The molecule has 2 heterocycles. The Hall–Kier alpha value is -3.19. The van der Waals surface area contributed by atoms with E-state index in [4.69, 9.17) is 9.47 Å². The van der Waals surface area contributed by atoms with E-state index in [0.717, 1.165) is 12.8 Å². The number of hydrogen-bond acceptors (Lipinski definition) is 5. The Morgan fingerprint density at radius 1 is 1.13 bits per heavy atom. The van der Waals surface area contributed by atoms with Gasteiger partial charge in [-0.1, -0.05) is 26.0 Å². The summed E-state index contributed by atoms with van der Waals surface area (Å²) in [5.74, 6) is 0.0166. The van der Waals surface area contributed by atoms with E-state index in [1.54, 1.807) is 18.2 Å². The van der Waals surface area contributed by atoms with Crippen molar-refractivity contribution in [2.75, 3.05) is 25.1 Å². The Labute approximate surface area is 181 Å². The van der Waals surface area contributed by atoms with Crippen molar-refractivity contribution in [2.45, 2.75) is 38.7 Å². The molecular weight excluding hydrogens is 396 g/mol. The molecule has 162 valence electrons. The van der Waals surface area contributed by atoms with Gasteiger partial charge in [-0.15, -0.1) is 0 Å². The van der Waals surface area contributed by atoms with Crippen LogP contribution in [0.1, 0.15) is 58.9 Å². The number of amides is 3. The molecule has 0 aromatic heterocycles. The fourth-order valence-corrected chi connectivity index (χ4v) is 3.82. The summed E-state index contributed by atoms with van der Waals surface area (Å²) >= 11 is 0. The third kappa shape index (κ3) is 4.61. The maximum Gasteiger partial charge on any atom is 0.262 e. The molecule has 0 saturated carbocycles. The number of carbonyl (C=O) groups excluding carboxylic acids is 3. The average Bonchev–Trinajstić information content (AvgIpc) is 3.36. The first-order chi connectivity index (χ1) is 14.9. The molecule has 2 aliphatic heterocycles. The summed E-state index contributed by atoms with van der Waals surface area (Å²) in [6.07, 6.45) is 1.68. The van der Waals surface area contributed by atoms with Crippen LogP contribution in [0.25, 0.3) is 0 Å². The summed E-state index contributed by atoms with van der Waals surface area (Å²) in [7, 11) is 0. The smallest absolute Gasteiger partial charge is 0.262 e. The van der Waals surface area contributed by atoms with Crippen LogP contribution in [0, 0.1) is 0 Å². The fraction of sp³-hybridized carbons (Fsp3) is 0.375. The van der Waals surface area contributed by atoms with Gasteiger partial charge >= 0.3 is 0 Å². The van der Waals surface area contributed by atoms with Gasteiger partial charge in [0.15, 0.2) is 6.61 Å². The minimum atomic E-state index is -0.354. The zero-order valence-corrected chi connectivity index (χ0v) is 17.7. The van der Waals surface area contributed by atoms with Crippen LogP contribution in [0.3, 0.4) is 0 Å². The number of ether oxygens (including phenoxy) is 2. The SMILES string of the molecule is CC(C)c1ccc(OCC(=O)Nc2ccc3c(c2)C(=O)N(C[C@@H]2CCCO2)C3=O)cc1. The van der Waals surface area contributed by atoms with E-state index in [1.165, 1.54) is 10.5 Å². The van der Waals surface area contributed by atoms with Crippen molar-refractivity contribution in [1.29, 1.82) is 0 Å². The van der Waals surface area contributed by atoms with Gasteiger partial charge in [-0.3, -0.25) is 19.3 Å². The minimum absolute atomic E-state index is 0.104. The highest BCUT2D eigenvalue weighted by Gasteiger charge is 2.37. The highest BCUT2D eigenvalue weighted by Crippen LogP contribution is 2.27. The van der Waals surface area contributed by atoms with Gasteiger partial charge in [0.05, 0.1) is 23.8 Å². The molecule has 1 N–H and O–H groups in total. The molecule has 0 bridgehead atoms. The number of benzene rings is 2. The molecule has 0 radical (unpaired) electrons. The fourth-order valence-electron chi connectivity index (χ4n) is 3.82. The molecule has 1 saturated heterocycles. The van der Waals surface area contributed by atoms with E-state index in [-0.39, 0.29) is 37.0 Å². The van der Waals surface area contributed by atoms with Crippen LogP contribution in [-0.2, 0) is 9.53 Å². The number of anilines is 1. The topological polar surface area (TPSA) is 84.9 Å². The Morgan fingerprint density at radius 3 is 2.55 bits per heavy atom. The standard InChI is InChI=1S/C24H26N2O5/c1-15(2)16-5-8-18(9-6-16)31-14-22(27)25-17-7-10-20-21(12-17)24(29)26(23(20)28)13-19-4-3-11-30-19/h5-10,12,15,19H,3-4,11,13-14H2,1-2H3,(H,25,27)/t19-/m0/s1. The molecule has 2 aromatic rings. The zero-order valence-electron chi connectivity index (χ0n) is 17.7. The maximum absolute atomic E-state index is 12.7. The number of fused-ring (bicyclic) bond motifs is 1. The Kier molecular flexibility index (Phi) is 6.04. The second-order valence-corrected chi connectivity index (χ2v) is 8.18. The number of imide groups is 1. The molecule has 4 rings (SSSR count). The Bertz CT molecular complexity index is 994. The molecule has 7 nitrogen and oxygen atoms in total. The van der Waals surface area contributed by atoms with Gasteiger partial charge in [-0.2, -0.15) is 0 Å². The minimum Gasteiger partial charge on any atom is -0.484 e. The van der Waals surface area contributed by atoms with Crippen molar-refractivity contribution < 1.29 is 23.9 Å². The van der Waals surface area contributed by atoms with E-state index < -0.39 is 0 Å². The van der Waals surface area contributed by atoms with Gasteiger partial charge in [0.2, 0.25) is 0 Å². The van der Waals surface area contributed by atoms with Crippen molar-refractivity contribution in [3.63, 3.8) is 0 Å². The molecule has 3 amide bonds. The van der Waals surface area contributed by atoms with Gasteiger partial charge in [0.1, 0.15) is 5.75 Å². The number of nitrogens with one attached hydrogen (secondary N) is 1. The number of hydrogen-bond donors (Lipinski definition) is 1. The van der Waals surface area contributed by atoms with Crippen LogP contribution in [0.5, 0.6) is 5.75 Å². The second-order valence-electron chi connectivity index (χ2n) is 8.18.